The number of nitrogens with one attached hydrogen (secondary N) is 1. The highest BCUT2D eigenvalue weighted by atomic mass is 35.5. The van der Waals surface area contributed by atoms with Gasteiger partial charge in [-0.15, -0.1) is 5.10 Å². The summed E-state index contributed by atoms with van der Waals surface area (Å²) >= 11 is 11.7. The predicted molar refractivity (Wildman–Crippen MR) is 105 cm³/mol. The summed E-state index contributed by atoms with van der Waals surface area (Å²) in [5.74, 6) is 0.944. The maximum atomic E-state index is 5.97. The first kappa shape index (κ1) is 17.4. The number of rotatable bonds is 6. The highest BCUT2D eigenvalue weighted by Crippen LogP contribution is 2.38. The molecule has 2 heterocycles. The average Bonchev–Trinajstić information content (AvgIpc) is 3.43. The Morgan fingerprint density at radius 1 is 1.15 bits per heavy atom. The summed E-state index contributed by atoms with van der Waals surface area (Å²) in [5.41, 5.74) is 2.31. The van der Waals surface area contributed by atoms with Crippen molar-refractivity contribution in [2.45, 2.75) is 32.1 Å². The summed E-state index contributed by atoms with van der Waals surface area (Å²) in [6.45, 7) is 1.61. The molecule has 26 heavy (non-hydrogen) atoms. The molecule has 1 aliphatic carbocycles. The maximum Gasteiger partial charge on any atom is 0.203 e. The molecule has 134 valence electrons. The third kappa shape index (κ3) is 3.72. The van der Waals surface area contributed by atoms with E-state index in [2.05, 4.69) is 28.7 Å². The number of nitrogens with zero attached hydrogens (tertiary/aromatic N) is 4. The summed E-state index contributed by atoms with van der Waals surface area (Å²) in [6.07, 6.45) is 5.94. The minimum absolute atomic E-state index is 0.482. The number of quaternary nitrogens is 1. The molecule has 1 atom stereocenters. The summed E-state index contributed by atoms with van der Waals surface area (Å²) < 4.78 is 4.96. The molecule has 1 saturated carbocycles. The van der Waals surface area contributed by atoms with Crippen molar-refractivity contribution < 1.29 is 4.90 Å². The zero-order valence-electron chi connectivity index (χ0n) is 14.6. The van der Waals surface area contributed by atoms with Gasteiger partial charge in [0.05, 0.1) is 7.05 Å². The van der Waals surface area contributed by atoms with E-state index in [1.165, 1.54) is 23.3 Å². The van der Waals surface area contributed by atoms with E-state index in [-0.39, 0.29) is 0 Å². The molecule has 7 heteroatoms. The van der Waals surface area contributed by atoms with Gasteiger partial charge >= 0.3 is 0 Å². The van der Waals surface area contributed by atoms with Gasteiger partial charge in [-0.1, -0.05) is 23.7 Å². The third-order valence-electron chi connectivity index (χ3n) is 4.56. The quantitative estimate of drug-likeness (QED) is 0.661. The maximum absolute atomic E-state index is 5.97. The molecule has 0 bridgehead atoms. The fourth-order valence-electron chi connectivity index (χ4n) is 3.15. The van der Waals surface area contributed by atoms with Crippen molar-refractivity contribution in [1.29, 1.82) is 0 Å². The van der Waals surface area contributed by atoms with E-state index in [1.54, 1.807) is 12.4 Å². The Morgan fingerprint density at radius 2 is 1.85 bits per heavy atom. The second kappa shape index (κ2) is 7.31. The summed E-state index contributed by atoms with van der Waals surface area (Å²) in [6, 6.07) is 12.5. The monoisotopic (exact) mass is 386 g/mol. The lowest BCUT2D eigenvalue weighted by atomic mass is 10.2. The normalized spacial score (nSPS) is 15.2. The highest BCUT2D eigenvalue weighted by molar-refractivity contribution is 7.71. The highest BCUT2D eigenvalue weighted by Gasteiger charge is 2.29. The minimum atomic E-state index is 0.482. The standard InChI is InChI=1S/C19H20ClN5S/c1-23(12-14-2-4-16(20)5-3-14)13-24-19(26)25(17-6-7-17)18(22-24)15-8-10-21-11-9-15/h2-5,8-11,17H,6-7,12-13H2,1H3/p+1. The number of pyridine rings is 1. The SMILES string of the molecule is C[NH+](Cc1ccc(Cl)cc1)Cn1nc(-c2ccncc2)n(C2CC2)c1=S. The molecular formula is C19H21ClN5S+. The van der Waals surface area contributed by atoms with E-state index >= 15 is 0 Å². The van der Waals surface area contributed by atoms with E-state index in [9.17, 15) is 0 Å². The Labute approximate surface area is 162 Å². The molecule has 1 fully saturated rings. The van der Waals surface area contributed by atoms with Crippen LogP contribution in [-0.4, -0.2) is 26.4 Å². The molecule has 1 unspecified atom stereocenters. The Hall–Kier alpha value is -2.02. The summed E-state index contributed by atoms with van der Waals surface area (Å²) in [4.78, 5) is 5.42. The van der Waals surface area contributed by atoms with Crippen molar-refractivity contribution in [1.82, 2.24) is 19.3 Å². The third-order valence-corrected chi connectivity index (χ3v) is 5.22. The molecule has 0 aliphatic heterocycles. The van der Waals surface area contributed by atoms with Gasteiger partial charge in [-0.3, -0.25) is 9.55 Å². The van der Waals surface area contributed by atoms with Crippen molar-refractivity contribution >= 4 is 23.8 Å². The number of hydrogen-bond donors (Lipinski definition) is 1. The van der Waals surface area contributed by atoms with Crippen LogP contribution >= 0.6 is 23.8 Å². The number of benzene rings is 1. The largest absolute Gasteiger partial charge is 0.315 e. The molecule has 4 rings (SSSR count). The Kier molecular flexibility index (Phi) is 4.89. The first-order valence-corrected chi connectivity index (χ1v) is 9.56. The van der Waals surface area contributed by atoms with Crippen molar-refractivity contribution in [3.8, 4) is 11.4 Å². The number of hydrogen-bond acceptors (Lipinski definition) is 3. The van der Waals surface area contributed by atoms with Crippen molar-refractivity contribution in [3.05, 3.63) is 64.1 Å². The van der Waals surface area contributed by atoms with Crippen molar-refractivity contribution in [3.63, 3.8) is 0 Å². The lowest BCUT2D eigenvalue weighted by molar-refractivity contribution is -0.917. The summed E-state index contributed by atoms with van der Waals surface area (Å²) in [7, 11) is 2.15. The van der Waals surface area contributed by atoms with Gasteiger partial charge in [0, 0.05) is 34.6 Å². The lowest BCUT2D eigenvalue weighted by Crippen LogP contribution is -3.07. The van der Waals surface area contributed by atoms with Gasteiger partial charge in [0.2, 0.25) is 4.77 Å². The van der Waals surface area contributed by atoms with Crippen LogP contribution in [0.3, 0.4) is 0 Å². The molecule has 2 aromatic heterocycles. The van der Waals surface area contributed by atoms with Crippen molar-refractivity contribution in [2.24, 2.45) is 0 Å². The van der Waals surface area contributed by atoms with Crippen LogP contribution in [0.5, 0.6) is 0 Å². The lowest BCUT2D eigenvalue weighted by Gasteiger charge is -2.13. The van der Waals surface area contributed by atoms with Crippen LogP contribution in [-0.2, 0) is 13.2 Å². The fourth-order valence-corrected chi connectivity index (χ4v) is 3.61. The Balaban J connectivity index is 1.58. The van der Waals surface area contributed by atoms with Crippen LogP contribution in [0.15, 0.2) is 48.8 Å². The molecule has 3 aromatic rings. The smallest absolute Gasteiger partial charge is 0.203 e. The number of halogens is 1. The van der Waals surface area contributed by atoms with Crippen LogP contribution < -0.4 is 4.90 Å². The van der Waals surface area contributed by atoms with Crippen LogP contribution in [0, 0.1) is 4.77 Å². The topological polar surface area (TPSA) is 40.1 Å². The van der Waals surface area contributed by atoms with Crippen LogP contribution in [0.4, 0.5) is 0 Å². The molecule has 0 saturated heterocycles. The minimum Gasteiger partial charge on any atom is -0.315 e. The average molecular weight is 387 g/mol. The zero-order valence-corrected chi connectivity index (χ0v) is 16.2. The van der Waals surface area contributed by atoms with E-state index < -0.39 is 0 Å². The molecule has 1 aromatic carbocycles. The van der Waals surface area contributed by atoms with Gasteiger partial charge in [0.25, 0.3) is 0 Å². The molecule has 0 amide bonds. The van der Waals surface area contributed by atoms with Crippen LogP contribution in [0.1, 0.15) is 24.4 Å². The van der Waals surface area contributed by atoms with Gasteiger partial charge in [0.15, 0.2) is 12.5 Å². The molecule has 0 radical (unpaired) electrons. The first-order chi connectivity index (χ1) is 12.6. The van der Waals surface area contributed by atoms with Gasteiger partial charge < -0.3 is 4.90 Å². The molecular weight excluding hydrogens is 366 g/mol. The molecule has 1 N–H and O–H groups in total. The first-order valence-electron chi connectivity index (χ1n) is 8.77. The van der Waals surface area contributed by atoms with E-state index in [1.807, 2.05) is 28.9 Å². The Bertz CT molecular complexity index is 944. The number of aromatic nitrogens is 4. The zero-order chi connectivity index (χ0) is 18.1. The van der Waals surface area contributed by atoms with E-state index in [0.29, 0.717) is 6.04 Å². The van der Waals surface area contributed by atoms with Gasteiger partial charge in [0.1, 0.15) is 6.54 Å². The summed E-state index contributed by atoms with van der Waals surface area (Å²) in [5, 5.41) is 5.61. The predicted octanol–water partition coefficient (Wildman–Crippen LogP) is 3.14. The van der Waals surface area contributed by atoms with Gasteiger partial charge in [-0.2, -0.15) is 4.68 Å². The Morgan fingerprint density at radius 3 is 2.50 bits per heavy atom. The van der Waals surface area contributed by atoms with Crippen molar-refractivity contribution in [2.75, 3.05) is 7.05 Å². The molecule has 1 aliphatic rings. The van der Waals surface area contributed by atoms with E-state index in [0.717, 1.165) is 34.4 Å². The second-order valence-corrected chi connectivity index (χ2v) is 7.66. The second-order valence-electron chi connectivity index (χ2n) is 6.86. The van der Waals surface area contributed by atoms with Crippen LogP contribution in [0.25, 0.3) is 11.4 Å². The molecule has 5 nitrogen and oxygen atoms in total. The van der Waals surface area contributed by atoms with Gasteiger partial charge in [-0.25, -0.2) is 0 Å². The van der Waals surface area contributed by atoms with Crippen LogP contribution in [0.2, 0.25) is 5.02 Å². The van der Waals surface area contributed by atoms with Gasteiger partial charge in [-0.05, 0) is 49.3 Å². The molecule has 0 spiro atoms. The van der Waals surface area contributed by atoms with E-state index in [4.69, 9.17) is 28.9 Å². The fraction of sp³-hybridized carbons (Fsp3) is 0.316.